The van der Waals surface area contributed by atoms with Crippen molar-refractivity contribution in [3.63, 3.8) is 0 Å². The van der Waals surface area contributed by atoms with Crippen LogP contribution in [0.5, 0.6) is 0 Å². The van der Waals surface area contributed by atoms with Gasteiger partial charge in [0.05, 0.1) is 39.0 Å². The van der Waals surface area contributed by atoms with Crippen LogP contribution in [0.25, 0.3) is 0 Å². The Morgan fingerprint density at radius 1 is 0.488 bits per heavy atom. The van der Waals surface area contributed by atoms with Gasteiger partial charge in [0.15, 0.2) is 0 Å². The molecule has 0 heterocycles. The number of carboxylic acids is 3. The molecule has 2 N–H and O–H groups in total. The molecule has 7 heteroatoms. The second-order valence-electron chi connectivity index (χ2n) is 12.8. The summed E-state index contributed by atoms with van der Waals surface area (Å²) in [6.45, 7) is 5.03. The molecule has 0 aliphatic carbocycles. The second-order valence-corrected chi connectivity index (χ2v) is 12.8. The van der Waals surface area contributed by atoms with Crippen LogP contribution in [0, 0.1) is 0 Å². The van der Waals surface area contributed by atoms with Crippen molar-refractivity contribution in [3.8, 4) is 0 Å². The van der Waals surface area contributed by atoms with Gasteiger partial charge < -0.3 is 24.6 Å². The van der Waals surface area contributed by atoms with Gasteiger partial charge >= 0.3 is 11.9 Å². The number of rotatable bonds is 34. The van der Waals surface area contributed by atoms with E-state index in [-0.39, 0.29) is 19.3 Å². The fourth-order valence-electron chi connectivity index (χ4n) is 6.12. The number of carbonyl (C=O) groups excluding carboxylic acids is 1. The molecule has 0 aromatic carbocycles. The number of hydrogen-bond acceptors (Lipinski definition) is 4. The summed E-state index contributed by atoms with van der Waals surface area (Å²) in [5, 5.41) is 29.2. The zero-order valence-electron chi connectivity index (χ0n) is 27.8. The normalized spacial score (nSPS) is 11.8. The third-order valence-corrected chi connectivity index (χ3v) is 8.70. The van der Waals surface area contributed by atoms with E-state index in [1.807, 2.05) is 0 Å². The summed E-state index contributed by atoms with van der Waals surface area (Å²) in [7, 11) is 0. The van der Waals surface area contributed by atoms with Gasteiger partial charge in [-0.3, -0.25) is 9.59 Å². The molecule has 0 bridgehead atoms. The zero-order valence-corrected chi connectivity index (χ0v) is 27.8. The number of aliphatic carboxylic acids is 3. The van der Waals surface area contributed by atoms with Crippen LogP contribution >= 0.6 is 0 Å². The van der Waals surface area contributed by atoms with Crippen LogP contribution in [-0.2, 0) is 14.4 Å². The molecule has 0 atom stereocenters. The van der Waals surface area contributed by atoms with Crippen molar-refractivity contribution in [3.05, 3.63) is 12.2 Å². The quantitative estimate of drug-likeness (QED) is 0.0430. The van der Waals surface area contributed by atoms with Crippen LogP contribution in [-0.4, -0.2) is 58.8 Å². The van der Waals surface area contributed by atoms with Crippen LogP contribution in [0.15, 0.2) is 12.2 Å². The maximum atomic E-state index is 11.1. The van der Waals surface area contributed by atoms with E-state index in [0.717, 1.165) is 32.2 Å². The van der Waals surface area contributed by atoms with E-state index in [2.05, 4.69) is 19.1 Å². The van der Waals surface area contributed by atoms with Gasteiger partial charge in [-0.25, -0.2) is 0 Å². The van der Waals surface area contributed by atoms with Crippen molar-refractivity contribution >= 4 is 17.9 Å². The summed E-state index contributed by atoms with van der Waals surface area (Å²) in [5.74, 6) is -2.75. The molecule has 0 aliphatic rings. The summed E-state index contributed by atoms with van der Waals surface area (Å²) in [6.07, 6.45) is 32.3. The van der Waals surface area contributed by atoms with Gasteiger partial charge in [-0.2, -0.15) is 0 Å². The first kappa shape index (κ1) is 41.1. The monoisotopic (exact) mass is 609 g/mol. The van der Waals surface area contributed by atoms with E-state index in [4.69, 9.17) is 10.2 Å². The van der Waals surface area contributed by atoms with E-state index in [0.29, 0.717) is 43.4 Å². The van der Waals surface area contributed by atoms with Gasteiger partial charge in [0.2, 0.25) is 0 Å². The number of carboxylic acid groups (broad SMARTS) is 3. The Balaban J connectivity index is 4.03. The molecule has 0 unspecified atom stereocenters. The van der Waals surface area contributed by atoms with Crippen LogP contribution in [0.1, 0.15) is 174 Å². The predicted molar refractivity (Wildman–Crippen MR) is 175 cm³/mol. The molecule has 0 rings (SSSR count). The van der Waals surface area contributed by atoms with Gasteiger partial charge in [0, 0.05) is 25.2 Å². The number of nitrogens with zero attached hydrogens (tertiary/aromatic N) is 1. The molecule has 0 saturated heterocycles. The maximum absolute atomic E-state index is 11.1. The molecule has 0 amide bonds. The number of unbranched alkanes of at least 4 members (excludes halogenated alkanes) is 18. The average molecular weight is 610 g/mol. The lowest BCUT2D eigenvalue weighted by molar-refractivity contribution is -0.929. The van der Waals surface area contributed by atoms with Gasteiger partial charge in [-0.1, -0.05) is 109 Å². The van der Waals surface area contributed by atoms with Crippen molar-refractivity contribution in [1.82, 2.24) is 0 Å². The topological polar surface area (TPSA) is 115 Å². The molecule has 0 spiro atoms. The minimum absolute atomic E-state index is 0.0222. The summed E-state index contributed by atoms with van der Waals surface area (Å²) >= 11 is 0. The number of hydrogen-bond donors (Lipinski definition) is 2. The highest BCUT2D eigenvalue weighted by molar-refractivity contribution is 5.66. The van der Waals surface area contributed by atoms with Gasteiger partial charge in [-0.05, 0) is 44.9 Å². The Kier molecular flexibility index (Phi) is 28.8. The first-order valence-electron chi connectivity index (χ1n) is 17.9. The van der Waals surface area contributed by atoms with Crippen molar-refractivity contribution in [1.29, 1.82) is 0 Å². The highest BCUT2D eigenvalue weighted by atomic mass is 16.4. The van der Waals surface area contributed by atoms with E-state index in [9.17, 15) is 19.5 Å². The summed E-state index contributed by atoms with van der Waals surface area (Å²) in [4.78, 5) is 33.1. The molecular formula is C36H67NO6. The largest absolute Gasteiger partial charge is 0.550 e. The zero-order chi connectivity index (χ0) is 31.9. The van der Waals surface area contributed by atoms with Crippen LogP contribution < -0.4 is 5.11 Å². The highest BCUT2D eigenvalue weighted by Gasteiger charge is 2.26. The smallest absolute Gasteiger partial charge is 0.303 e. The molecular weight excluding hydrogens is 542 g/mol. The Morgan fingerprint density at radius 3 is 1.19 bits per heavy atom. The summed E-state index contributed by atoms with van der Waals surface area (Å²) in [5.41, 5.74) is 0. The number of carbonyl (C=O) groups is 3. The molecule has 0 radical (unpaired) electrons. The molecule has 7 nitrogen and oxygen atoms in total. The highest BCUT2D eigenvalue weighted by Crippen LogP contribution is 2.19. The molecule has 0 aliphatic heterocycles. The fourth-order valence-corrected chi connectivity index (χ4v) is 6.12. The molecule has 252 valence electrons. The van der Waals surface area contributed by atoms with Crippen molar-refractivity contribution in [2.45, 2.75) is 174 Å². The maximum Gasteiger partial charge on any atom is 0.303 e. The van der Waals surface area contributed by atoms with Crippen molar-refractivity contribution < 1.29 is 34.2 Å². The van der Waals surface area contributed by atoms with E-state index < -0.39 is 17.9 Å². The molecule has 43 heavy (non-hydrogen) atoms. The average Bonchev–Trinajstić information content (AvgIpc) is 2.95. The number of quaternary nitrogens is 1. The first-order chi connectivity index (χ1) is 20.8. The Labute approximate surface area is 264 Å². The Hall–Kier alpha value is -1.89. The minimum Gasteiger partial charge on any atom is -0.550 e. The number of allylic oxidation sites excluding steroid dienone is 2. The van der Waals surface area contributed by atoms with Crippen molar-refractivity contribution in [2.75, 3.05) is 26.2 Å². The van der Waals surface area contributed by atoms with Gasteiger partial charge in [0.25, 0.3) is 0 Å². The summed E-state index contributed by atoms with van der Waals surface area (Å²) < 4.78 is 0.609. The van der Waals surface area contributed by atoms with E-state index in [1.54, 1.807) is 0 Å². The predicted octanol–water partition coefficient (Wildman–Crippen LogP) is 8.44. The molecule has 0 fully saturated rings. The lowest BCUT2D eigenvalue weighted by Gasteiger charge is -2.39. The second kappa shape index (κ2) is 30.1. The van der Waals surface area contributed by atoms with Gasteiger partial charge in [0.1, 0.15) is 0 Å². The lowest BCUT2D eigenvalue weighted by Crippen LogP contribution is -2.51. The standard InChI is InChI=1S/C36H67NO6/c1-2-3-4-5-6-7-8-9-10-11-12-13-14-15-16-17-18-19-20-21-22-23-30-37(31-24-27-34(38)39,32-25-28-35(40)41)33-26-29-36(42)43/h15-16H,2-14,17-33H2,1H3,(H2-,38,39,40,41,42,43)/b16-15+. The fraction of sp³-hybridized carbons (Fsp3) is 0.861. The van der Waals surface area contributed by atoms with Crippen LogP contribution in [0.4, 0.5) is 0 Å². The summed E-state index contributed by atoms with van der Waals surface area (Å²) in [6, 6.07) is 0. The van der Waals surface area contributed by atoms with Gasteiger partial charge in [-0.15, -0.1) is 0 Å². The molecule has 0 aromatic rings. The molecule has 0 saturated carbocycles. The van der Waals surface area contributed by atoms with E-state index >= 15 is 0 Å². The minimum atomic E-state index is -1.08. The Morgan fingerprint density at radius 2 is 0.814 bits per heavy atom. The van der Waals surface area contributed by atoms with Crippen LogP contribution in [0.3, 0.4) is 0 Å². The lowest BCUT2D eigenvalue weighted by atomic mass is 10.0. The molecule has 0 aromatic heterocycles. The third kappa shape index (κ3) is 29.9. The first-order valence-corrected chi connectivity index (χ1v) is 17.9. The SMILES string of the molecule is CCCCCCCCCCCCCC/C=C/CCCCCCCC[N+](CCCC(=O)[O-])(CCCC(=O)O)CCCC(=O)O. The Bertz CT molecular complexity index is 658. The van der Waals surface area contributed by atoms with E-state index in [1.165, 1.54) is 103 Å². The van der Waals surface area contributed by atoms with Crippen LogP contribution in [0.2, 0.25) is 0 Å². The third-order valence-electron chi connectivity index (χ3n) is 8.70. The van der Waals surface area contributed by atoms with Crippen molar-refractivity contribution in [2.24, 2.45) is 0 Å².